The Hall–Kier alpha value is -1.48. The summed E-state index contributed by atoms with van der Waals surface area (Å²) in [5.41, 5.74) is 1.90. The van der Waals surface area contributed by atoms with Crippen molar-refractivity contribution >= 4 is 45.8 Å². The molecule has 0 saturated carbocycles. The van der Waals surface area contributed by atoms with Crippen molar-refractivity contribution in [2.24, 2.45) is 0 Å². The summed E-state index contributed by atoms with van der Waals surface area (Å²) in [5.74, 6) is 0. The molecule has 0 bridgehead atoms. The third-order valence-corrected chi connectivity index (χ3v) is 4.07. The monoisotopic (exact) mass is 338 g/mol. The SMILES string of the molecule is Cc1c(-c2ccc(Cl)cc2)c(=O)oc2c(Cl)cc(Cl)cc12. The van der Waals surface area contributed by atoms with Gasteiger partial charge < -0.3 is 4.42 Å². The summed E-state index contributed by atoms with van der Waals surface area (Å²) in [6.07, 6.45) is 0. The van der Waals surface area contributed by atoms with E-state index in [2.05, 4.69) is 0 Å². The zero-order valence-electron chi connectivity index (χ0n) is 10.9. The Bertz CT molecular complexity index is 896. The van der Waals surface area contributed by atoms with Crippen LogP contribution in [0.1, 0.15) is 5.56 Å². The van der Waals surface area contributed by atoms with Crippen LogP contribution < -0.4 is 5.63 Å². The third-order valence-electron chi connectivity index (χ3n) is 3.32. The van der Waals surface area contributed by atoms with Crippen molar-refractivity contribution in [3.8, 4) is 11.1 Å². The van der Waals surface area contributed by atoms with E-state index in [4.69, 9.17) is 39.2 Å². The van der Waals surface area contributed by atoms with Gasteiger partial charge in [0.05, 0.1) is 10.6 Å². The number of fused-ring (bicyclic) bond motifs is 1. The van der Waals surface area contributed by atoms with Gasteiger partial charge in [0.15, 0.2) is 5.58 Å². The first-order chi connectivity index (χ1) is 9.97. The highest BCUT2D eigenvalue weighted by atomic mass is 35.5. The number of rotatable bonds is 1. The van der Waals surface area contributed by atoms with Crippen molar-refractivity contribution < 1.29 is 4.42 Å². The fourth-order valence-corrected chi connectivity index (χ4v) is 2.98. The molecule has 3 rings (SSSR count). The molecule has 21 heavy (non-hydrogen) atoms. The summed E-state index contributed by atoms with van der Waals surface area (Å²) < 4.78 is 5.36. The normalized spacial score (nSPS) is 11.0. The van der Waals surface area contributed by atoms with Crippen LogP contribution in [0.2, 0.25) is 15.1 Å². The molecule has 0 unspecified atom stereocenters. The predicted octanol–water partition coefficient (Wildman–Crippen LogP) is 5.73. The molecule has 0 radical (unpaired) electrons. The molecule has 2 aromatic carbocycles. The molecule has 0 N–H and O–H groups in total. The van der Waals surface area contributed by atoms with Crippen LogP contribution in [-0.2, 0) is 0 Å². The van der Waals surface area contributed by atoms with E-state index in [9.17, 15) is 4.79 Å². The first-order valence-corrected chi connectivity index (χ1v) is 7.29. The van der Waals surface area contributed by atoms with Crippen molar-refractivity contribution in [2.75, 3.05) is 0 Å². The van der Waals surface area contributed by atoms with Crippen LogP contribution in [0.15, 0.2) is 45.6 Å². The highest BCUT2D eigenvalue weighted by molar-refractivity contribution is 6.38. The van der Waals surface area contributed by atoms with Gasteiger partial charge in [-0.2, -0.15) is 0 Å². The summed E-state index contributed by atoms with van der Waals surface area (Å²) in [7, 11) is 0. The lowest BCUT2D eigenvalue weighted by molar-refractivity contribution is 0.562. The largest absolute Gasteiger partial charge is 0.421 e. The highest BCUT2D eigenvalue weighted by Crippen LogP contribution is 2.33. The molecule has 3 aromatic rings. The molecule has 0 aliphatic heterocycles. The van der Waals surface area contributed by atoms with Crippen molar-refractivity contribution in [2.45, 2.75) is 6.92 Å². The highest BCUT2D eigenvalue weighted by Gasteiger charge is 2.15. The predicted molar refractivity (Wildman–Crippen MR) is 87.7 cm³/mol. The molecule has 106 valence electrons. The van der Waals surface area contributed by atoms with E-state index in [0.717, 1.165) is 16.5 Å². The maximum atomic E-state index is 12.3. The van der Waals surface area contributed by atoms with Gasteiger partial charge in [-0.1, -0.05) is 46.9 Å². The summed E-state index contributed by atoms with van der Waals surface area (Å²) in [6.45, 7) is 1.84. The Labute approximate surface area is 135 Å². The minimum Gasteiger partial charge on any atom is -0.421 e. The second-order valence-corrected chi connectivity index (χ2v) is 5.94. The summed E-state index contributed by atoms with van der Waals surface area (Å²) in [6, 6.07) is 10.3. The van der Waals surface area contributed by atoms with E-state index < -0.39 is 5.63 Å². The van der Waals surface area contributed by atoms with E-state index in [-0.39, 0.29) is 0 Å². The van der Waals surface area contributed by atoms with Gasteiger partial charge in [-0.3, -0.25) is 0 Å². The van der Waals surface area contributed by atoms with Gasteiger partial charge in [0.2, 0.25) is 0 Å². The lowest BCUT2D eigenvalue weighted by atomic mass is 10.00. The molecule has 0 aliphatic rings. The van der Waals surface area contributed by atoms with Crippen molar-refractivity contribution in [3.63, 3.8) is 0 Å². The van der Waals surface area contributed by atoms with E-state index >= 15 is 0 Å². The molecule has 0 fully saturated rings. The van der Waals surface area contributed by atoms with Gasteiger partial charge in [0.25, 0.3) is 0 Å². The number of benzene rings is 2. The molecule has 0 amide bonds. The maximum Gasteiger partial charge on any atom is 0.344 e. The second-order valence-electron chi connectivity index (χ2n) is 4.66. The number of hydrogen-bond acceptors (Lipinski definition) is 2. The Morgan fingerprint density at radius 1 is 0.952 bits per heavy atom. The molecule has 5 heteroatoms. The third kappa shape index (κ3) is 2.55. The van der Waals surface area contributed by atoms with Gasteiger partial charge in [0.1, 0.15) is 0 Å². The first kappa shape index (κ1) is 14.5. The van der Waals surface area contributed by atoms with Crippen LogP contribution in [0.25, 0.3) is 22.1 Å². The molecular formula is C16H9Cl3O2. The molecular weight excluding hydrogens is 331 g/mol. The van der Waals surface area contributed by atoms with Gasteiger partial charge in [-0.25, -0.2) is 4.79 Å². The van der Waals surface area contributed by atoms with Crippen LogP contribution >= 0.6 is 34.8 Å². The van der Waals surface area contributed by atoms with Crippen molar-refractivity contribution in [1.82, 2.24) is 0 Å². The van der Waals surface area contributed by atoms with Crippen LogP contribution in [0, 0.1) is 6.92 Å². The van der Waals surface area contributed by atoms with Gasteiger partial charge in [-0.15, -0.1) is 0 Å². The van der Waals surface area contributed by atoms with E-state index in [1.54, 1.807) is 36.4 Å². The fourth-order valence-electron chi connectivity index (χ4n) is 2.33. The van der Waals surface area contributed by atoms with E-state index in [1.165, 1.54) is 0 Å². The minimum atomic E-state index is -0.438. The van der Waals surface area contributed by atoms with Crippen molar-refractivity contribution in [1.29, 1.82) is 0 Å². The average Bonchev–Trinajstić information content (AvgIpc) is 2.42. The first-order valence-electron chi connectivity index (χ1n) is 6.16. The summed E-state index contributed by atoms with van der Waals surface area (Å²) >= 11 is 18.0. The Morgan fingerprint density at radius 2 is 1.62 bits per heavy atom. The van der Waals surface area contributed by atoms with E-state index in [1.807, 2.05) is 6.92 Å². The lowest BCUT2D eigenvalue weighted by Gasteiger charge is -2.09. The number of aryl methyl sites for hydroxylation is 1. The van der Waals surface area contributed by atoms with Gasteiger partial charge >= 0.3 is 5.63 Å². The molecule has 0 atom stereocenters. The summed E-state index contributed by atoms with van der Waals surface area (Å²) in [4.78, 5) is 12.3. The van der Waals surface area contributed by atoms with Gasteiger partial charge in [-0.05, 0) is 42.3 Å². The Balaban J connectivity index is 2.39. The van der Waals surface area contributed by atoms with Gasteiger partial charge in [0, 0.05) is 15.4 Å². The van der Waals surface area contributed by atoms with Crippen LogP contribution in [-0.4, -0.2) is 0 Å². The van der Waals surface area contributed by atoms with Crippen LogP contribution in [0.3, 0.4) is 0 Å². The second kappa shape index (κ2) is 5.38. The molecule has 2 nitrogen and oxygen atoms in total. The average molecular weight is 340 g/mol. The Morgan fingerprint density at radius 3 is 2.29 bits per heavy atom. The molecule has 1 heterocycles. The maximum absolute atomic E-state index is 12.3. The smallest absolute Gasteiger partial charge is 0.344 e. The van der Waals surface area contributed by atoms with Crippen LogP contribution in [0.4, 0.5) is 0 Å². The zero-order valence-corrected chi connectivity index (χ0v) is 13.2. The van der Waals surface area contributed by atoms with E-state index in [0.29, 0.717) is 26.2 Å². The fraction of sp³-hybridized carbons (Fsp3) is 0.0625. The number of hydrogen-bond donors (Lipinski definition) is 0. The Kier molecular flexibility index (Phi) is 3.70. The van der Waals surface area contributed by atoms with Crippen LogP contribution in [0.5, 0.6) is 0 Å². The molecule has 0 saturated heterocycles. The topological polar surface area (TPSA) is 30.2 Å². The zero-order chi connectivity index (χ0) is 15.1. The number of halogens is 3. The van der Waals surface area contributed by atoms with Crippen molar-refractivity contribution in [3.05, 3.63) is 67.4 Å². The quantitative estimate of drug-likeness (QED) is 0.530. The standard InChI is InChI=1S/C16H9Cl3O2/c1-8-12-6-11(18)7-13(19)15(12)21-16(20)14(8)9-2-4-10(17)5-3-9/h2-7H,1H3. The lowest BCUT2D eigenvalue weighted by Crippen LogP contribution is -2.06. The molecule has 1 aromatic heterocycles. The minimum absolute atomic E-state index is 0.320. The summed E-state index contributed by atoms with van der Waals surface area (Å²) in [5, 5.41) is 2.14. The molecule has 0 aliphatic carbocycles. The molecule has 0 spiro atoms.